The second-order valence-electron chi connectivity index (χ2n) is 0. The third kappa shape index (κ3) is 18.2. The molecule has 0 N–H and O–H groups in total. The smallest absolute Gasteiger partial charge is 0 e. The molecule has 0 amide bonds. The van der Waals surface area contributed by atoms with E-state index in [1.54, 1.807) is 0 Å². The minimum Gasteiger partial charge on any atom is 0 e. The third-order valence-electron chi connectivity index (χ3n) is 0. The van der Waals surface area contributed by atoms with Crippen LogP contribution in [0.25, 0.3) is 0 Å². The molecule has 5 heavy (non-hydrogen) atoms. The predicted molar refractivity (Wildman–Crippen MR) is 5.75 cm³/mol. The zero-order valence-corrected chi connectivity index (χ0v) is 10.5. The Hall–Kier alpha value is 3.76. The fourth-order valence-corrected chi connectivity index (χ4v) is 0. The summed E-state index contributed by atoms with van der Waals surface area (Å²) in [6.45, 7) is 0. The largest absolute Gasteiger partial charge is 0 e. The van der Waals surface area contributed by atoms with Gasteiger partial charge in [-0.05, 0) is 0 Å². The van der Waals surface area contributed by atoms with Gasteiger partial charge in [0, 0.05) is 113 Å². The molecule has 8 radical (unpaired) electrons. The van der Waals surface area contributed by atoms with Crippen molar-refractivity contribution in [2.75, 3.05) is 0 Å². The maximum Gasteiger partial charge on any atom is 0 e. The molecule has 0 bridgehead atoms. The van der Waals surface area contributed by atoms with Crippen LogP contribution in [-0.2, 0) is 89.5 Å². The average molecular weight is 550 g/mol. The Balaban J connectivity index is 0. The van der Waals surface area contributed by atoms with Crippen LogP contribution in [0.3, 0.4) is 0 Å². The van der Waals surface area contributed by atoms with E-state index >= 15 is 0 Å². The first-order valence-corrected chi connectivity index (χ1v) is 0. The van der Waals surface area contributed by atoms with Gasteiger partial charge in [-0.1, -0.05) is 0 Å². The molecule has 0 aliphatic carbocycles. The van der Waals surface area contributed by atoms with Gasteiger partial charge in [0.15, 0.2) is 0 Å². The second-order valence-corrected chi connectivity index (χ2v) is 0. The van der Waals surface area contributed by atoms with Crippen LogP contribution >= 0.6 is 0 Å². The molecule has 5 heteroatoms. The molecular formula is Ag4Sn. The molecule has 48 valence electrons. The quantitative estimate of drug-likeness (QED) is 0.361. The Morgan fingerprint density at radius 2 is 0.400 bits per heavy atom. The summed E-state index contributed by atoms with van der Waals surface area (Å²) < 4.78 is 0. The molecule has 0 heterocycles. The molecule has 0 spiro atoms. The average Bonchev–Trinajstić information content (AvgIpc) is 0. The molecule has 0 nitrogen and oxygen atoms in total. The van der Waals surface area contributed by atoms with E-state index in [1.807, 2.05) is 0 Å². The van der Waals surface area contributed by atoms with E-state index in [1.165, 1.54) is 0 Å². The number of hydrogen-bond acceptors (Lipinski definition) is 0. The van der Waals surface area contributed by atoms with Crippen molar-refractivity contribution in [3.05, 3.63) is 0 Å². The van der Waals surface area contributed by atoms with Gasteiger partial charge in [-0.3, -0.25) is 0 Å². The van der Waals surface area contributed by atoms with Crippen molar-refractivity contribution in [2.45, 2.75) is 0 Å². The van der Waals surface area contributed by atoms with Gasteiger partial charge in [0.1, 0.15) is 0 Å². The minimum atomic E-state index is 0. The van der Waals surface area contributed by atoms with Gasteiger partial charge in [0.2, 0.25) is 0 Å². The van der Waals surface area contributed by atoms with Gasteiger partial charge in [0.25, 0.3) is 0 Å². The Labute approximate surface area is 111 Å². The summed E-state index contributed by atoms with van der Waals surface area (Å²) in [5.74, 6) is 0. The van der Waals surface area contributed by atoms with Crippen LogP contribution in [0, 0.1) is 0 Å². The van der Waals surface area contributed by atoms with E-state index in [9.17, 15) is 0 Å². The van der Waals surface area contributed by atoms with Crippen LogP contribution < -0.4 is 0 Å². The summed E-state index contributed by atoms with van der Waals surface area (Å²) >= 11 is 0. The van der Waals surface area contributed by atoms with Crippen LogP contribution in [0.15, 0.2) is 0 Å². The van der Waals surface area contributed by atoms with Crippen LogP contribution in [-0.4, -0.2) is 23.9 Å². The van der Waals surface area contributed by atoms with E-state index in [-0.39, 0.29) is 113 Å². The summed E-state index contributed by atoms with van der Waals surface area (Å²) in [7, 11) is 0. The maximum absolute atomic E-state index is 0. The first kappa shape index (κ1) is 37.3. The van der Waals surface area contributed by atoms with Crippen LogP contribution in [0.5, 0.6) is 0 Å². The SMILES string of the molecule is [Ag].[Ag].[Ag].[Ag].[Sn]. The molecular weight excluding hydrogens is 550 g/mol. The Bertz CT molecular complexity index is 3.61. The summed E-state index contributed by atoms with van der Waals surface area (Å²) in [5.41, 5.74) is 0. The molecule has 0 unspecified atom stereocenters. The zero-order valence-electron chi connectivity index (χ0n) is 1.71. The molecule has 0 saturated heterocycles. The second kappa shape index (κ2) is 25.1. The van der Waals surface area contributed by atoms with Gasteiger partial charge < -0.3 is 0 Å². The summed E-state index contributed by atoms with van der Waals surface area (Å²) in [4.78, 5) is 0. The first-order valence-electron chi connectivity index (χ1n) is 0. The summed E-state index contributed by atoms with van der Waals surface area (Å²) in [6, 6.07) is 0. The van der Waals surface area contributed by atoms with Crippen molar-refractivity contribution in [3.8, 4) is 0 Å². The van der Waals surface area contributed by atoms with Crippen molar-refractivity contribution in [2.24, 2.45) is 0 Å². The first-order chi connectivity index (χ1) is 0. The normalized spacial score (nSPS) is 0. The predicted octanol–water partition coefficient (Wildman–Crippen LogP) is -0.391. The fraction of sp³-hybridized carbons (Fsp3) is 0. The monoisotopic (exact) mass is 548 g/mol. The molecule has 0 aromatic rings. The van der Waals surface area contributed by atoms with Gasteiger partial charge >= 0.3 is 0 Å². The molecule has 0 aliphatic rings. The van der Waals surface area contributed by atoms with Crippen LogP contribution in [0.1, 0.15) is 0 Å². The van der Waals surface area contributed by atoms with Crippen molar-refractivity contribution in [3.63, 3.8) is 0 Å². The molecule has 0 aromatic heterocycles. The zero-order chi connectivity index (χ0) is 0. The topological polar surface area (TPSA) is 0 Å². The molecule has 0 fully saturated rings. The van der Waals surface area contributed by atoms with Gasteiger partial charge in [0.05, 0.1) is 0 Å². The van der Waals surface area contributed by atoms with Gasteiger partial charge in [-0.15, -0.1) is 0 Å². The minimum absolute atomic E-state index is 0. The summed E-state index contributed by atoms with van der Waals surface area (Å²) in [5, 5.41) is 0. The van der Waals surface area contributed by atoms with E-state index < -0.39 is 0 Å². The van der Waals surface area contributed by atoms with Crippen molar-refractivity contribution in [1.82, 2.24) is 0 Å². The Morgan fingerprint density at radius 3 is 0.400 bits per heavy atom. The van der Waals surface area contributed by atoms with Crippen molar-refractivity contribution < 1.29 is 89.5 Å². The van der Waals surface area contributed by atoms with Crippen LogP contribution in [0.4, 0.5) is 0 Å². The van der Waals surface area contributed by atoms with Crippen LogP contribution in [0.2, 0.25) is 0 Å². The Kier molecular flexibility index (Phi) is 187. The molecule has 0 aromatic carbocycles. The van der Waals surface area contributed by atoms with Gasteiger partial charge in [-0.25, -0.2) is 0 Å². The molecule has 0 aliphatic heterocycles. The van der Waals surface area contributed by atoms with E-state index in [4.69, 9.17) is 0 Å². The fourth-order valence-electron chi connectivity index (χ4n) is 0. The van der Waals surface area contributed by atoms with E-state index in [0.29, 0.717) is 0 Å². The van der Waals surface area contributed by atoms with Crippen molar-refractivity contribution >= 4 is 23.9 Å². The number of rotatable bonds is 0. The third-order valence-corrected chi connectivity index (χ3v) is 0. The Morgan fingerprint density at radius 1 is 0.400 bits per heavy atom. The van der Waals surface area contributed by atoms with E-state index in [2.05, 4.69) is 0 Å². The van der Waals surface area contributed by atoms with Gasteiger partial charge in [-0.2, -0.15) is 0 Å². The molecule has 0 saturated carbocycles. The summed E-state index contributed by atoms with van der Waals surface area (Å²) in [6.07, 6.45) is 0. The molecule has 0 rings (SSSR count). The standard InChI is InChI=1S/4Ag.Sn. The number of hydrogen-bond donors (Lipinski definition) is 0. The maximum atomic E-state index is 0. The molecule has 0 atom stereocenters. The van der Waals surface area contributed by atoms with Crippen molar-refractivity contribution in [1.29, 1.82) is 0 Å². The van der Waals surface area contributed by atoms with E-state index in [0.717, 1.165) is 0 Å².